The topological polar surface area (TPSA) is 116 Å². The van der Waals surface area contributed by atoms with Gasteiger partial charge in [-0.15, -0.1) is 5.10 Å². The highest BCUT2D eigenvalue weighted by atomic mass is 16.5. The minimum atomic E-state index is -0.701. The van der Waals surface area contributed by atoms with Crippen LogP contribution in [0, 0.1) is 5.41 Å². The smallest absolute Gasteiger partial charge is 0.318 e. The highest BCUT2D eigenvalue weighted by Gasteiger charge is 2.41. The zero-order valence-electron chi connectivity index (χ0n) is 19.8. The zero-order valence-corrected chi connectivity index (χ0v) is 19.8. The van der Waals surface area contributed by atoms with E-state index in [1.807, 2.05) is 24.3 Å². The van der Waals surface area contributed by atoms with Crippen LogP contribution in [-0.2, 0) is 16.9 Å². The van der Waals surface area contributed by atoms with E-state index in [0.717, 1.165) is 17.9 Å². The molecule has 2 N–H and O–H groups in total. The van der Waals surface area contributed by atoms with Gasteiger partial charge >= 0.3 is 6.01 Å². The summed E-state index contributed by atoms with van der Waals surface area (Å²) in [5.41, 5.74) is 2.01. The Labute approximate surface area is 193 Å². The van der Waals surface area contributed by atoms with Gasteiger partial charge in [-0.05, 0) is 36.1 Å². The van der Waals surface area contributed by atoms with E-state index in [1.54, 1.807) is 11.8 Å². The quantitative estimate of drug-likeness (QED) is 0.558. The summed E-state index contributed by atoms with van der Waals surface area (Å²) in [5.74, 6) is 0.656. The van der Waals surface area contributed by atoms with Crippen molar-refractivity contribution in [3.05, 3.63) is 35.5 Å². The summed E-state index contributed by atoms with van der Waals surface area (Å²) < 4.78 is 13.0. The molecular formula is C23H31N7O3. The molecule has 2 aromatic heterocycles. The lowest BCUT2D eigenvalue weighted by Gasteiger charge is -2.29. The lowest BCUT2D eigenvalue weighted by Crippen LogP contribution is -2.47. The summed E-state index contributed by atoms with van der Waals surface area (Å²) in [6.07, 6.45) is 0.683. The van der Waals surface area contributed by atoms with E-state index in [0.29, 0.717) is 43.0 Å². The summed E-state index contributed by atoms with van der Waals surface area (Å²) in [7, 11) is 1.64. The van der Waals surface area contributed by atoms with Gasteiger partial charge in [0, 0.05) is 13.5 Å². The van der Waals surface area contributed by atoms with Crippen molar-refractivity contribution in [2.75, 3.05) is 26.8 Å². The Balaban J connectivity index is 1.79. The van der Waals surface area contributed by atoms with Gasteiger partial charge in [0.25, 0.3) is 0 Å². The molecule has 0 unspecified atom stereocenters. The van der Waals surface area contributed by atoms with Crippen LogP contribution in [-0.4, -0.2) is 57.7 Å². The number of rotatable bonds is 7. The van der Waals surface area contributed by atoms with Crippen LogP contribution in [0.1, 0.15) is 45.4 Å². The van der Waals surface area contributed by atoms with Crippen LogP contribution in [0.2, 0.25) is 0 Å². The van der Waals surface area contributed by atoms with Crippen LogP contribution in [0.3, 0.4) is 0 Å². The second-order valence-electron chi connectivity index (χ2n) is 9.66. The van der Waals surface area contributed by atoms with Crippen LogP contribution >= 0.6 is 0 Å². The highest BCUT2D eigenvalue weighted by Crippen LogP contribution is 2.32. The summed E-state index contributed by atoms with van der Waals surface area (Å²) in [4.78, 5) is 21.5. The predicted molar refractivity (Wildman–Crippen MR) is 123 cm³/mol. The number of hydrogen-bond acceptors (Lipinski definition) is 8. The number of fused-ring (bicyclic) bond motifs is 1. The molecule has 1 fully saturated rings. The second-order valence-corrected chi connectivity index (χ2v) is 9.66. The van der Waals surface area contributed by atoms with Gasteiger partial charge < -0.3 is 20.1 Å². The number of carbonyl (C=O) groups excluding carboxylic acids is 1. The van der Waals surface area contributed by atoms with Crippen LogP contribution < -0.4 is 20.1 Å². The predicted octanol–water partition coefficient (Wildman–Crippen LogP) is 2.03. The summed E-state index contributed by atoms with van der Waals surface area (Å²) in [6.45, 7) is 9.98. The SMILES string of the molecule is COc1ccc(Cn2nnc3c([C@]4(NC(C)=O)CCNC4)nc(OCC(C)(C)C)nc32)cc1. The van der Waals surface area contributed by atoms with Gasteiger partial charge in [0.15, 0.2) is 11.2 Å². The first-order valence-electron chi connectivity index (χ1n) is 11.1. The average molecular weight is 454 g/mol. The fraction of sp³-hybridized carbons (Fsp3) is 0.522. The molecule has 0 bridgehead atoms. The van der Waals surface area contributed by atoms with Crippen LogP contribution in [0.5, 0.6) is 11.8 Å². The average Bonchev–Trinajstić information content (AvgIpc) is 3.39. The number of nitrogens with one attached hydrogen (secondary N) is 2. The second kappa shape index (κ2) is 8.93. The first kappa shape index (κ1) is 22.9. The van der Waals surface area contributed by atoms with Crippen LogP contribution in [0.25, 0.3) is 11.2 Å². The maximum atomic E-state index is 12.1. The number of hydrogen-bond donors (Lipinski definition) is 2. The Morgan fingerprint density at radius 1 is 1.24 bits per heavy atom. The third-order valence-corrected chi connectivity index (χ3v) is 5.49. The molecule has 3 aromatic rings. The minimum absolute atomic E-state index is 0.0652. The van der Waals surface area contributed by atoms with Crippen LogP contribution in [0.4, 0.5) is 0 Å². The van der Waals surface area contributed by atoms with E-state index in [2.05, 4.69) is 46.7 Å². The van der Waals surface area contributed by atoms with Gasteiger partial charge in [0.1, 0.15) is 11.4 Å². The fourth-order valence-corrected chi connectivity index (χ4v) is 3.92. The molecule has 1 saturated heterocycles. The standard InChI is InChI=1S/C23H31N7O3/c1-15(31)27-23(10-11-24-13-23)19-18-20(26-21(25-19)33-14-22(2,3)4)30(29-28-18)12-16-6-8-17(32-5)9-7-16/h6-9,24H,10-14H2,1-5H3,(H,27,31)/t23-/m0/s1. The largest absolute Gasteiger partial charge is 0.497 e. The normalized spacial score (nSPS) is 18.5. The molecule has 0 saturated carbocycles. The number of nitrogens with zero attached hydrogens (tertiary/aromatic N) is 5. The molecule has 1 aromatic carbocycles. The van der Waals surface area contributed by atoms with E-state index in [4.69, 9.17) is 14.5 Å². The number of ether oxygens (including phenoxy) is 2. The Morgan fingerprint density at radius 3 is 2.61 bits per heavy atom. The number of aromatic nitrogens is 5. The van der Waals surface area contributed by atoms with E-state index in [1.165, 1.54) is 6.92 Å². The molecule has 1 amide bonds. The number of methoxy groups -OCH3 is 1. The maximum absolute atomic E-state index is 12.1. The van der Waals surface area contributed by atoms with Crippen molar-refractivity contribution in [2.24, 2.45) is 5.41 Å². The molecule has 4 rings (SSSR count). The van der Waals surface area contributed by atoms with E-state index < -0.39 is 5.54 Å². The van der Waals surface area contributed by atoms with Crippen molar-refractivity contribution < 1.29 is 14.3 Å². The number of benzene rings is 1. The molecule has 33 heavy (non-hydrogen) atoms. The van der Waals surface area contributed by atoms with Gasteiger partial charge in [-0.25, -0.2) is 4.68 Å². The fourth-order valence-electron chi connectivity index (χ4n) is 3.92. The summed E-state index contributed by atoms with van der Waals surface area (Å²) in [5, 5.41) is 15.2. The van der Waals surface area contributed by atoms with Crippen molar-refractivity contribution in [2.45, 2.75) is 46.2 Å². The van der Waals surface area contributed by atoms with Crippen LogP contribution in [0.15, 0.2) is 24.3 Å². The number of carbonyl (C=O) groups is 1. The Morgan fingerprint density at radius 2 is 2.00 bits per heavy atom. The van der Waals surface area contributed by atoms with Crippen molar-refractivity contribution in [3.63, 3.8) is 0 Å². The third-order valence-electron chi connectivity index (χ3n) is 5.49. The Hall–Kier alpha value is -3.27. The molecule has 1 aliphatic rings. The molecule has 10 heteroatoms. The van der Waals surface area contributed by atoms with Gasteiger partial charge in [0.2, 0.25) is 5.91 Å². The lowest BCUT2D eigenvalue weighted by atomic mass is 9.92. The third kappa shape index (κ3) is 5.05. The summed E-state index contributed by atoms with van der Waals surface area (Å²) >= 11 is 0. The van der Waals surface area contributed by atoms with Crippen molar-refractivity contribution in [3.8, 4) is 11.8 Å². The minimum Gasteiger partial charge on any atom is -0.497 e. The molecular weight excluding hydrogens is 422 g/mol. The van der Waals surface area contributed by atoms with Crippen molar-refractivity contribution >= 4 is 17.1 Å². The maximum Gasteiger partial charge on any atom is 0.318 e. The highest BCUT2D eigenvalue weighted by molar-refractivity contribution is 5.78. The zero-order chi connectivity index (χ0) is 23.6. The molecule has 10 nitrogen and oxygen atoms in total. The molecule has 176 valence electrons. The molecule has 3 heterocycles. The lowest BCUT2D eigenvalue weighted by molar-refractivity contribution is -0.120. The van der Waals surface area contributed by atoms with Gasteiger partial charge in [0.05, 0.1) is 25.8 Å². The van der Waals surface area contributed by atoms with Gasteiger partial charge in [-0.2, -0.15) is 9.97 Å². The molecule has 1 atom stereocenters. The number of amides is 1. The Bertz CT molecular complexity index is 1130. The molecule has 0 radical (unpaired) electrons. The van der Waals surface area contributed by atoms with Crippen molar-refractivity contribution in [1.29, 1.82) is 0 Å². The first-order chi connectivity index (χ1) is 15.7. The van der Waals surface area contributed by atoms with Crippen molar-refractivity contribution in [1.82, 2.24) is 35.6 Å². The molecule has 0 spiro atoms. The van der Waals surface area contributed by atoms with Gasteiger partial charge in [-0.3, -0.25) is 4.79 Å². The van der Waals surface area contributed by atoms with E-state index in [-0.39, 0.29) is 17.3 Å². The van der Waals surface area contributed by atoms with E-state index >= 15 is 0 Å². The monoisotopic (exact) mass is 453 g/mol. The molecule has 1 aliphatic heterocycles. The van der Waals surface area contributed by atoms with E-state index in [9.17, 15) is 4.79 Å². The first-order valence-corrected chi connectivity index (χ1v) is 11.1. The molecule has 0 aliphatic carbocycles. The summed E-state index contributed by atoms with van der Waals surface area (Å²) in [6, 6.07) is 8.02. The Kier molecular flexibility index (Phi) is 6.20. The van der Waals surface area contributed by atoms with Gasteiger partial charge in [-0.1, -0.05) is 38.1 Å².